The van der Waals surface area contributed by atoms with Crippen LogP contribution >= 0.6 is 0 Å². The van der Waals surface area contributed by atoms with Crippen LogP contribution in [0.1, 0.15) is 20.3 Å². The van der Waals surface area contributed by atoms with Crippen LogP contribution in [-0.2, 0) is 9.47 Å². The van der Waals surface area contributed by atoms with Gasteiger partial charge in [-0.2, -0.15) is 0 Å². The molecular formula is C14H21NO3. The maximum absolute atomic E-state index is 5.79. The van der Waals surface area contributed by atoms with Crippen molar-refractivity contribution in [2.24, 2.45) is 0 Å². The van der Waals surface area contributed by atoms with Gasteiger partial charge in [-0.25, -0.2) is 0 Å². The summed E-state index contributed by atoms with van der Waals surface area (Å²) in [5, 5.41) is 3.30. The molecule has 0 amide bonds. The van der Waals surface area contributed by atoms with Gasteiger partial charge in [-0.1, -0.05) is 19.1 Å². The Kier molecular flexibility index (Phi) is 4.44. The highest BCUT2D eigenvalue weighted by Crippen LogP contribution is 2.25. The van der Waals surface area contributed by atoms with E-state index >= 15 is 0 Å². The molecule has 4 heteroatoms. The SMILES string of the molecule is CCC1OC(CNc2ccccc2OC)OC1C. The highest BCUT2D eigenvalue weighted by Gasteiger charge is 2.31. The third kappa shape index (κ3) is 2.94. The van der Waals surface area contributed by atoms with Crippen molar-refractivity contribution in [3.63, 3.8) is 0 Å². The fourth-order valence-electron chi connectivity index (χ4n) is 2.17. The second kappa shape index (κ2) is 6.07. The summed E-state index contributed by atoms with van der Waals surface area (Å²) in [6.07, 6.45) is 1.16. The Hall–Kier alpha value is -1.26. The van der Waals surface area contributed by atoms with E-state index < -0.39 is 0 Å². The minimum absolute atomic E-state index is 0.166. The molecule has 2 rings (SSSR count). The van der Waals surface area contributed by atoms with Crippen LogP contribution in [0.25, 0.3) is 0 Å². The van der Waals surface area contributed by atoms with E-state index in [0.717, 1.165) is 17.9 Å². The lowest BCUT2D eigenvalue weighted by Gasteiger charge is -2.14. The van der Waals surface area contributed by atoms with Crippen LogP contribution in [0.2, 0.25) is 0 Å². The van der Waals surface area contributed by atoms with Gasteiger partial charge in [0.05, 0.1) is 31.5 Å². The first-order chi connectivity index (χ1) is 8.74. The van der Waals surface area contributed by atoms with Crippen LogP contribution in [0, 0.1) is 0 Å². The van der Waals surface area contributed by atoms with Crippen LogP contribution in [-0.4, -0.2) is 32.2 Å². The average Bonchev–Trinajstić information content (AvgIpc) is 2.77. The largest absolute Gasteiger partial charge is 0.495 e. The van der Waals surface area contributed by atoms with E-state index in [9.17, 15) is 0 Å². The zero-order chi connectivity index (χ0) is 13.0. The van der Waals surface area contributed by atoms with Gasteiger partial charge in [0, 0.05) is 0 Å². The first kappa shape index (κ1) is 13.2. The summed E-state index contributed by atoms with van der Waals surface area (Å²) in [6, 6.07) is 7.82. The zero-order valence-electron chi connectivity index (χ0n) is 11.2. The molecule has 100 valence electrons. The van der Waals surface area contributed by atoms with Crippen molar-refractivity contribution in [3.8, 4) is 5.75 Å². The van der Waals surface area contributed by atoms with Gasteiger partial charge in [0.1, 0.15) is 5.75 Å². The van der Waals surface area contributed by atoms with Gasteiger partial charge in [0.2, 0.25) is 0 Å². The van der Waals surface area contributed by atoms with Crippen molar-refractivity contribution in [3.05, 3.63) is 24.3 Å². The number of nitrogens with one attached hydrogen (secondary N) is 1. The summed E-state index contributed by atoms with van der Waals surface area (Å²) in [5.74, 6) is 0.829. The van der Waals surface area contributed by atoms with E-state index in [4.69, 9.17) is 14.2 Å². The number of para-hydroxylation sites is 2. The molecule has 1 aliphatic heterocycles. The molecule has 1 N–H and O–H groups in total. The molecule has 4 nitrogen and oxygen atoms in total. The predicted octanol–water partition coefficient (Wildman–Crippen LogP) is 2.65. The molecular weight excluding hydrogens is 230 g/mol. The number of hydrogen-bond acceptors (Lipinski definition) is 4. The molecule has 0 bridgehead atoms. The fourth-order valence-corrected chi connectivity index (χ4v) is 2.17. The maximum Gasteiger partial charge on any atom is 0.175 e. The van der Waals surface area contributed by atoms with Crippen molar-refractivity contribution < 1.29 is 14.2 Å². The van der Waals surface area contributed by atoms with Gasteiger partial charge in [0.15, 0.2) is 6.29 Å². The Labute approximate surface area is 108 Å². The summed E-state index contributed by atoms with van der Waals surface area (Å²) in [4.78, 5) is 0. The molecule has 0 saturated carbocycles. The first-order valence-electron chi connectivity index (χ1n) is 6.42. The second-order valence-corrected chi connectivity index (χ2v) is 4.43. The van der Waals surface area contributed by atoms with Crippen LogP contribution in [0.5, 0.6) is 5.75 Å². The lowest BCUT2D eigenvalue weighted by Crippen LogP contribution is -2.21. The molecule has 0 spiro atoms. The van der Waals surface area contributed by atoms with Gasteiger partial charge in [-0.15, -0.1) is 0 Å². The van der Waals surface area contributed by atoms with Gasteiger partial charge in [0.25, 0.3) is 0 Å². The molecule has 1 heterocycles. The van der Waals surface area contributed by atoms with Crippen LogP contribution in [0.4, 0.5) is 5.69 Å². The fraction of sp³-hybridized carbons (Fsp3) is 0.571. The van der Waals surface area contributed by atoms with E-state index in [2.05, 4.69) is 19.2 Å². The molecule has 0 aromatic heterocycles. The number of rotatable bonds is 5. The second-order valence-electron chi connectivity index (χ2n) is 4.43. The Balaban J connectivity index is 1.89. The summed E-state index contributed by atoms with van der Waals surface area (Å²) >= 11 is 0. The number of methoxy groups -OCH3 is 1. The third-order valence-electron chi connectivity index (χ3n) is 3.19. The Morgan fingerprint density at radius 1 is 1.28 bits per heavy atom. The first-order valence-corrected chi connectivity index (χ1v) is 6.42. The van der Waals surface area contributed by atoms with Gasteiger partial charge in [-0.05, 0) is 25.5 Å². The van der Waals surface area contributed by atoms with Gasteiger partial charge < -0.3 is 19.5 Å². The average molecular weight is 251 g/mol. The molecule has 18 heavy (non-hydrogen) atoms. The van der Waals surface area contributed by atoms with E-state index in [1.807, 2.05) is 24.3 Å². The standard InChI is InChI=1S/C14H21NO3/c1-4-12-10(2)17-14(18-12)9-15-11-7-5-6-8-13(11)16-3/h5-8,10,12,14-15H,4,9H2,1-3H3. The lowest BCUT2D eigenvalue weighted by atomic mass is 10.2. The van der Waals surface area contributed by atoms with Gasteiger partial charge >= 0.3 is 0 Å². The van der Waals surface area contributed by atoms with E-state index in [1.165, 1.54) is 0 Å². The Morgan fingerprint density at radius 2 is 2.06 bits per heavy atom. The summed E-state index contributed by atoms with van der Waals surface area (Å²) in [7, 11) is 1.66. The van der Waals surface area contributed by atoms with E-state index in [0.29, 0.717) is 6.54 Å². The zero-order valence-corrected chi connectivity index (χ0v) is 11.2. The highest BCUT2D eigenvalue weighted by atomic mass is 16.7. The van der Waals surface area contributed by atoms with Crippen LogP contribution < -0.4 is 10.1 Å². The lowest BCUT2D eigenvalue weighted by molar-refractivity contribution is -0.0533. The van der Waals surface area contributed by atoms with Crippen molar-refractivity contribution in [2.45, 2.75) is 38.8 Å². The number of benzene rings is 1. The molecule has 1 aromatic rings. The molecule has 3 atom stereocenters. The van der Waals surface area contributed by atoms with Crippen LogP contribution in [0.15, 0.2) is 24.3 Å². The summed E-state index contributed by atoms with van der Waals surface area (Å²) in [5.41, 5.74) is 0.958. The minimum Gasteiger partial charge on any atom is -0.495 e. The van der Waals surface area contributed by atoms with Crippen molar-refractivity contribution in [1.29, 1.82) is 0 Å². The molecule has 1 aromatic carbocycles. The maximum atomic E-state index is 5.79. The minimum atomic E-state index is -0.185. The summed E-state index contributed by atoms with van der Waals surface area (Å²) < 4.78 is 16.8. The van der Waals surface area contributed by atoms with E-state index in [-0.39, 0.29) is 18.5 Å². The normalized spacial score (nSPS) is 27.2. The number of ether oxygens (including phenoxy) is 3. The van der Waals surface area contributed by atoms with Crippen molar-refractivity contribution >= 4 is 5.69 Å². The summed E-state index contributed by atoms with van der Waals surface area (Å²) in [6.45, 7) is 4.79. The van der Waals surface area contributed by atoms with Gasteiger partial charge in [-0.3, -0.25) is 0 Å². The quantitative estimate of drug-likeness (QED) is 0.873. The monoisotopic (exact) mass is 251 g/mol. The van der Waals surface area contributed by atoms with Crippen molar-refractivity contribution in [2.75, 3.05) is 19.0 Å². The predicted molar refractivity (Wildman–Crippen MR) is 71.0 cm³/mol. The smallest absolute Gasteiger partial charge is 0.175 e. The topological polar surface area (TPSA) is 39.7 Å². The highest BCUT2D eigenvalue weighted by molar-refractivity contribution is 5.56. The molecule has 1 aliphatic rings. The molecule has 1 fully saturated rings. The Morgan fingerprint density at radius 3 is 2.72 bits per heavy atom. The number of anilines is 1. The Bertz CT molecular complexity index is 383. The van der Waals surface area contributed by atoms with Crippen LogP contribution in [0.3, 0.4) is 0 Å². The third-order valence-corrected chi connectivity index (χ3v) is 3.19. The molecule has 3 unspecified atom stereocenters. The number of hydrogen-bond donors (Lipinski definition) is 1. The molecule has 0 radical (unpaired) electrons. The molecule has 1 saturated heterocycles. The molecule has 0 aliphatic carbocycles. The van der Waals surface area contributed by atoms with E-state index in [1.54, 1.807) is 7.11 Å². The van der Waals surface area contributed by atoms with Crippen molar-refractivity contribution in [1.82, 2.24) is 0 Å².